The standard InChI is InChI=1S/C29H21ClF3N3O4/c1-40-18-9-6-16(7-10-18)34-26(37)25-23-22(24-19-5-3-2-4-15(19)12-13-35(24)25)27(38)36(28(23)39)17-8-11-21(30)20(14-17)29(31,32)33/h2-14,22-25H,1H3,(H,34,37)/t22-,23-,24+,25-/m0/s1. The van der Waals surface area contributed by atoms with E-state index in [0.717, 1.165) is 22.1 Å². The highest BCUT2D eigenvalue weighted by Crippen LogP contribution is 2.53. The summed E-state index contributed by atoms with van der Waals surface area (Å²) in [4.78, 5) is 44.0. The highest BCUT2D eigenvalue weighted by Gasteiger charge is 2.64. The average molecular weight is 568 g/mol. The predicted octanol–water partition coefficient (Wildman–Crippen LogP) is 5.52. The molecule has 3 aromatic carbocycles. The van der Waals surface area contributed by atoms with Gasteiger partial charge < -0.3 is 15.0 Å². The maximum absolute atomic E-state index is 13.9. The summed E-state index contributed by atoms with van der Waals surface area (Å²) in [7, 11) is 1.51. The number of nitrogens with zero attached hydrogens (tertiary/aromatic N) is 2. The molecule has 0 bridgehead atoms. The number of amides is 3. The van der Waals surface area contributed by atoms with Crippen molar-refractivity contribution in [2.45, 2.75) is 18.3 Å². The van der Waals surface area contributed by atoms with Gasteiger partial charge in [-0.05, 0) is 59.7 Å². The Balaban J connectivity index is 1.42. The number of fused-ring (bicyclic) bond motifs is 5. The van der Waals surface area contributed by atoms with Crippen molar-refractivity contribution in [1.82, 2.24) is 4.90 Å². The summed E-state index contributed by atoms with van der Waals surface area (Å²) < 4.78 is 46.0. The zero-order valence-corrected chi connectivity index (χ0v) is 21.6. The molecule has 3 heterocycles. The van der Waals surface area contributed by atoms with Crippen LogP contribution >= 0.6 is 11.6 Å². The van der Waals surface area contributed by atoms with Crippen LogP contribution in [0.15, 0.2) is 72.9 Å². The molecule has 40 heavy (non-hydrogen) atoms. The number of halogens is 4. The Bertz CT molecular complexity index is 1570. The van der Waals surface area contributed by atoms with Crippen molar-refractivity contribution in [2.75, 3.05) is 17.3 Å². The van der Waals surface area contributed by atoms with Crippen LogP contribution in [0.5, 0.6) is 5.75 Å². The summed E-state index contributed by atoms with van der Waals surface area (Å²) in [6.45, 7) is 0. The number of anilines is 2. The van der Waals surface area contributed by atoms with Crippen molar-refractivity contribution < 1.29 is 32.3 Å². The maximum atomic E-state index is 13.9. The van der Waals surface area contributed by atoms with E-state index in [1.807, 2.05) is 24.3 Å². The zero-order chi connectivity index (χ0) is 28.3. The number of carbonyl (C=O) groups excluding carboxylic acids is 3. The summed E-state index contributed by atoms with van der Waals surface area (Å²) in [5.41, 5.74) is 0.610. The lowest BCUT2D eigenvalue weighted by Gasteiger charge is -2.35. The van der Waals surface area contributed by atoms with Gasteiger partial charge in [0.05, 0.1) is 41.3 Å². The molecule has 1 N–H and O–H groups in total. The lowest BCUT2D eigenvalue weighted by atomic mass is 9.84. The minimum absolute atomic E-state index is 0.248. The highest BCUT2D eigenvalue weighted by molar-refractivity contribution is 6.32. The quantitative estimate of drug-likeness (QED) is 0.420. The first-order chi connectivity index (χ1) is 19.1. The Labute approximate surface area is 231 Å². The molecule has 3 aliphatic rings. The fourth-order valence-corrected chi connectivity index (χ4v) is 6.10. The van der Waals surface area contributed by atoms with E-state index in [9.17, 15) is 27.6 Å². The van der Waals surface area contributed by atoms with Crippen LogP contribution < -0.4 is 15.0 Å². The first kappa shape index (κ1) is 25.9. The van der Waals surface area contributed by atoms with Gasteiger partial charge in [-0.15, -0.1) is 0 Å². The van der Waals surface area contributed by atoms with Crippen molar-refractivity contribution in [3.05, 3.63) is 94.6 Å². The van der Waals surface area contributed by atoms with E-state index in [1.54, 1.807) is 41.4 Å². The molecule has 0 aliphatic carbocycles. The van der Waals surface area contributed by atoms with Crippen LogP contribution in [0.4, 0.5) is 24.5 Å². The van der Waals surface area contributed by atoms with E-state index in [-0.39, 0.29) is 5.69 Å². The van der Waals surface area contributed by atoms with Gasteiger partial charge in [0, 0.05) is 11.9 Å². The number of rotatable bonds is 4. The third-order valence-corrected chi connectivity index (χ3v) is 7.93. The van der Waals surface area contributed by atoms with Gasteiger partial charge in [-0.3, -0.25) is 14.4 Å². The molecular weight excluding hydrogens is 547 g/mol. The molecule has 0 saturated carbocycles. The molecule has 3 aliphatic heterocycles. The van der Waals surface area contributed by atoms with Gasteiger partial charge in [0.25, 0.3) is 0 Å². The van der Waals surface area contributed by atoms with Crippen LogP contribution in [-0.4, -0.2) is 35.8 Å². The molecule has 0 unspecified atom stereocenters. The molecule has 7 nitrogen and oxygen atoms in total. The van der Waals surface area contributed by atoms with Crippen LogP contribution in [0.25, 0.3) is 6.08 Å². The summed E-state index contributed by atoms with van der Waals surface area (Å²) in [5.74, 6) is -3.51. The molecule has 204 valence electrons. The third-order valence-electron chi connectivity index (χ3n) is 7.60. The highest BCUT2D eigenvalue weighted by atomic mass is 35.5. The van der Waals surface area contributed by atoms with Crippen LogP contribution in [0, 0.1) is 11.8 Å². The topological polar surface area (TPSA) is 79.0 Å². The number of hydrogen-bond acceptors (Lipinski definition) is 5. The number of hydrogen-bond donors (Lipinski definition) is 1. The number of benzene rings is 3. The lowest BCUT2D eigenvalue weighted by molar-refractivity contribution is -0.137. The van der Waals surface area contributed by atoms with Crippen molar-refractivity contribution in [3.8, 4) is 5.75 Å². The Morgan fingerprint density at radius 2 is 1.68 bits per heavy atom. The van der Waals surface area contributed by atoms with E-state index < -0.39 is 58.4 Å². The second kappa shape index (κ2) is 9.41. The molecule has 3 aromatic rings. The average Bonchev–Trinajstić information content (AvgIpc) is 3.41. The van der Waals surface area contributed by atoms with Crippen molar-refractivity contribution in [3.63, 3.8) is 0 Å². The fourth-order valence-electron chi connectivity index (χ4n) is 5.87. The van der Waals surface area contributed by atoms with E-state index in [1.165, 1.54) is 13.2 Å². The Morgan fingerprint density at radius 3 is 2.38 bits per heavy atom. The summed E-state index contributed by atoms with van der Waals surface area (Å²) >= 11 is 5.78. The van der Waals surface area contributed by atoms with Gasteiger partial charge in [-0.1, -0.05) is 35.9 Å². The molecule has 4 atom stereocenters. The van der Waals surface area contributed by atoms with E-state index in [0.29, 0.717) is 17.5 Å². The van der Waals surface area contributed by atoms with Crippen molar-refractivity contribution >= 4 is 46.8 Å². The number of carbonyl (C=O) groups is 3. The number of alkyl halides is 3. The van der Waals surface area contributed by atoms with Gasteiger partial charge >= 0.3 is 6.18 Å². The molecule has 0 spiro atoms. The molecule has 2 fully saturated rings. The first-order valence-corrected chi connectivity index (χ1v) is 12.7. The van der Waals surface area contributed by atoms with Crippen molar-refractivity contribution in [2.24, 2.45) is 11.8 Å². The molecule has 3 amide bonds. The first-order valence-electron chi connectivity index (χ1n) is 12.3. The second-order valence-corrected chi connectivity index (χ2v) is 10.1. The van der Waals surface area contributed by atoms with Gasteiger partial charge in [-0.25, -0.2) is 4.90 Å². The molecule has 2 saturated heterocycles. The molecule has 6 rings (SSSR count). The fraction of sp³-hybridized carbons (Fsp3) is 0.207. The van der Waals surface area contributed by atoms with Gasteiger partial charge in [0.1, 0.15) is 11.8 Å². The molecule has 11 heteroatoms. The predicted molar refractivity (Wildman–Crippen MR) is 141 cm³/mol. The number of ether oxygens (including phenoxy) is 1. The zero-order valence-electron chi connectivity index (χ0n) is 20.9. The van der Waals surface area contributed by atoms with Crippen LogP contribution in [-0.2, 0) is 20.6 Å². The number of imide groups is 1. The lowest BCUT2D eigenvalue weighted by Crippen LogP contribution is -2.46. The smallest absolute Gasteiger partial charge is 0.417 e. The minimum Gasteiger partial charge on any atom is -0.497 e. The van der Waals surface area contributed by atoms with Crippen molar-refractivity contribution in [1.29, 1.82) is 0 Å². The molecular formula is C29H21ClF3N3O4. The SMILES string of the molecule is COc1ccc(NC(=O)[C@@H]2[C@H]3C(=O)N(c4ccc(Cl)c(C(F)(F)F)c4)C(=O)[C@@H]3[C@H]3c4ccccc4C=CN23)cc1. The Morgan fingerprint density at radius 1 is 0.975 bits per heavy atom. The summed E-state index contributed by atoms with van der Waals surface area (Å²) in [6, 6.07) is 15.0. The van der Waals surface area contributed by atoms with Gasteiger partial charge in [-0.2, -0.15) is 13.2 Å². The largest absolute Gasteiger partial charge is 0.497 e. The Hall–Kier alpha value is -4.31. The normalized spacial score (nSPS) is 23.1. The van der Waals surface area contributed by atoms with Gasteiger partial charge in [0.15, 0.2) is 0 Å². The van der Waals surface area contributed by atoms with E-state index in [2.05, 4.69) is 5.32 Å². The van der Waals surface area contributed by atoms with E-state index in [4.69, 9.17) is 16.3 Å². The van der Waals surface area contributed by atoms with Crippen LogP contribution in [0.3, 0.4) is 0 Å². The number of methoxy groups -OCH3 is 1. The molecule has 0 aromatic heterocycles. The summed E-state index contributed by atoms with van der Waals surface area (Å²) in [6.07, 6.45) is -1.29. The van der Waals surface area contributed by atoms with Gasteiger partial charge in [0.2, 0.25) is 17.7 Å². The second-order valence-electron chi connectivity index (χ2n) is 9.72. The number of nitrogens with one attached hydrogen (secondary N) is 1. The maximum Gasteiger partial charge on any atom is 0.417 e. The minimum atomic E-state index is -4.79. The van der Waals surface area contributed by atoms with Crippen LogP contribution in [0.1, 0.15) is 22.7 Å². The monoisotopic (exact) mass is 567 g/mol. The van der Waals surface area contributed by atoms with Crippen LogP contribution in [0.2, 0.25) is 5.02 Å². The summed E-state index contributed by atoms with van der Waals surface area (Å²) in [5, 5.41) is 2.26. The third kappa shape index (κ3) is 4.02. The van der Waals surface area contributed by atoms with E-state index >= 15 is 0 Å². The Kier molecular flexibility index (Phi) is 6.10. The molecule has 0 radical (unpaired) electrons.